The summed E-state index contributed by atoms with van der Waals surface area (Å²) in [5.74, 6) is -0.0968. The van der Waals surface area contributed by atoms with Crippen molar-refractivity contribution < 1.29 is 45.0 Å². The van der Waals surface area contributed by atoms with E-state index in [2.05, 4.69) is 0 Å². The van der Waals surface area contributed by atoms with Gasteiger partial charge in [-0.2, -0.15) is 13.2 Å². The number of hydrogen-bond donors (Lipinski definition) is 1. The summed E-state index contributed by atoms with van der Waals surface area (Å²) in [6, 6.07) is 10.4. The van der Waals surface area contributed by atoms with Gasteiger partial charge in [-0.25, -0.2) is 4.79 Å². The Morgan fingerprint density at radius 2 is 1.38 bits per heavy atom. The highest BCUT2D eigenvalue weighted by Gasteiger charge is 2.30. The van der Waals surface area contributed by atoms with Gasteiger partial charge in [-0.1, -0.05) is 0 Å². The number of carbonyl (C=O) groups is 1. The molecule has 130 valence electrons. The molecule has 8 heteroatoms. The van der Waals surface area contributed by atoms with Crippen LogP contribution in [0.5, 0.6) is 17.2 Å². The first-order chi connectivity index (χ1) is 10.8. The number of benzene rings is 2. The molecule has 0 spiro atoms. The standard InChI is InChI=1S/C16H13F3O4.ClH/c1-10(15(20)21)22-12-6-8-14(9-7-12)23-13-4-2-11(3-5-13)16(17,18)19;/h2-10H,1H3,(H,20,21);1H/p-1/t10-;/m1./s1. The van der Waals surface area contributed by atoms with Crippen molar-refractivity contribution in [1.29, 1.82) is 0 Å². The van der Waals surface area contributed by atoms with E-state index in [-0.39, 0.29) is 18.2 Å². The van der Waals surface area contributed by atoms with Crippen molar-refractivity contribution in [3.05, 3.63) is 54.1 Å². The SMILES string of the molecule is C[C@@H](Oc1ccc(Oc2ccc(C(F)(F)F)cc2)cc1)C(=O)O.[Cl-]. The van der Waals surface area contributed by atoms with Crippen molar-refractivity contribution in [3.8, 4) is 17.2 Å². The van der Waals surface area contributed by atoms with Crippen molar-refractivity contribution in [3.63, 3.8) is 0 Å². The van der Waals surface area contributed by atoms with E-state index < -0.39 is 23.8 Å². The Morgan fingerprint density at radius 3 is 1.79 bits per heavy atom. The van der Waals surface area contributed by atoms with Crippen molar-refractivity contribution in [2.75, 3.05) is 0 Å². The number of aliphatic carboxylic acids is 1. The Morgan fingerprint density at radius 1 is 0.958 bits per heavy atom. The normalized spacial score (nSPS) is 12.0. The van der Waals surface area contributed by atoms with Gasteiger partial charge < -0.3 is 27.0 Å². The minimum atomic E-state index is -4.39. The van der Waals surface area contributed by atoms with Crippen LogP contribution in [0.1, 0.15) is 12.5 Å². The first-order valence-corrected chi connectivity index (χ1v) is 6.60. The minimum absolute atomic E-state index is 0. The fraction of sp³-hybridized carbons (Fsp3) is 0.188. The summed E-state index contributed by atoms with van der Waals surface area (Å²) in [4.78, 5) is 10.7. The van der Waals surface area contributed by atoms with E-state index in [1.807, 2.05) is 0 Å². The molecule has 0 radical (unpaired) electrons. The van der Waals surface area contributed by atoms with Crippen LogP contribution in [0.4, 0.5) is 13.2 Å². The van der Waals surface area contributed by atoms with Gasteiger partial charge in [0, 0.05) is 0 Å². The second-order valence-corrected chi connectivity index (χ2v) is 4.69. The Labute approximate surface area is 142 Å². The molecule has 1 N–H and O–H groups in total. The highest BCUT2D eigenvalue weighted by molar-refractivity contribution is 5.72. The summed E-state index contributed by atoms with van der Waals surface area (Å²) in [5.41, 5.74) is -0.753. The summed E-state index contributed by atoms with van der Waals surface area (Å²) in [7, 11) is 0. The molecular formula is C16H13ClF3O4-. The molecule has 0 fully saturated rings. The van der Waals surface area contributed by atoms with Crippen LogP contribution in [-0.4, -0.2) is 17.2 Å². The van der Waals surface area contributed by atoms with Crippen LogP contribution < -0.4 is 21.9 Å². The Bertz CT molecular complexity index is 669. The largest absolute Gasteiger partial charge is 1.00 e. The van der Waals surface area contributed by atoms with Crippen LogP contribution in [0.25, 0.3) is 0 Å². The zero-order valence-corrected chi connectivity index (χ0v) is 13.1. The van der Waals surface area contributed by atoms with E-state index in [9.17, 15) is 18.0 Å². The molecule has 0 heterocycles. The van der Waals surface area contributed by atoms with Gasteiger partial charge in [0.15, 0.2) is 6.10 Å². The zero-order valence-electron chi connectivity index (χ0n) is 12.4. The summed E-state index contributed by atoms with van der Waals surface area (Å²) in [5, 5.41) is 8.74. The van der Waals surface area contributed by atoms with Crippen molar-refractivity contribution >= 4 is 5.97 Å². The molecule has 0 unspecified atom stereocenters. The molecule has 0 saturated carbocycles. The third kappa shape index (κ3) is 5.34. The third-order valence-corrected chi connectivity index (χ3v) is 2.90. The van der Waals surface area contributed by atoms with Gasteiger partial charge in [0.05, 0.1) is 5.56 Å². The molecule has 4 nitrogen and oxygen atoms in total. The van der Waals surface area contributed by atoms with Gasteiger partial charge in [-0.15, -0.1) is 0 Å². The average molecular weight is 362 g/mol. The summed E-state index contributed by atoms with van der Waals surface area (Å²) in [6.07, 6.45) is -5.38. The molecule has 0 bridgehead atoms. The number of carboxylic acid groups (broad SMARTS) is 1. The maximum Gasteiger partial charge on any atom is 0.416 e. The van der Waals surface area contributed by atoms with E-state index in [1.165, 1.54) is 43.3 Å². The first kappa shape index (κ1) is 19.6. The molecule has 0 aliphatic heterocycles. The fourth-order valence-electron chi connectivity index (χ4n) is 1.69. The van der Waals surface area contributed by atoms with Crippen LogP contribution in [-0.2, 0) is 11.0 Å². The Kier molecular flexibility index (Phi) is 6.48. The molecule has 0 aliphatic rings. The number of rotatable bonds is 5. The molecule has 2 rings (SSSR count). The predicted molar refractivity (Wildman–Crippen MR) is 75.7 cm³/mol. The molecular weight excluding hydrogens is 349 g/mol. The molecule has 0 aromatic heterocycles. The van der Waals surface area contributed by atoms with Gasteiger partial charge in [0.25, 0.3) is 0 Å². The van der Waals surface area contributed by atoms with E-state index in [0.29, 0.717) is 11.5 Å². The third-order valence-electron chi connectivity index (χ3n) is 2.90. The molecule has 0 amide bonds. The second kappa shape index (κ2) is 7.92. The number of carboxylic acids is 1. The van der Waals surface area contributed by atoms with E-state index in [4.69, 9.17) is 14.6 Å². The Hall–Kier alpha value is -2.41. The molecule has 1 atom stereocenters. The van der Waals surface area contributed by atoms with Crippen molar-refractivity contribution in [2.45, 2.75) is 19.2 Å². The van der Waals surface area contributed by atoms with E-state index in [0.717, 1.165) is 12.1 Å². The molecule has 0 aliphatic carbocycles. The lowest BCUT2D eigenvalue weighted by atomic mass is 10.2. The molecule has 2 aromatic rings. The smallest absolute Gasteiger partial charge is 0.416 e. The highest BCUT2D eigenvalue weighted by Crippen LogP contribution is 2.31. The van der Waals surface area contributed by atoms with Crippen LogP contribution in [0.15, 0.2) is 48.5 Å². The summed E-state index contributed by atoms with van der Waals surface area (Å²) in [6.45, 7) is 1.40. The van der Waals surface area contributed by atoms with Gasteiger partial charge in [-0.3, -0.25) is 0 Å². The lowest BCUT2D eigenvalue weighted by Gasteiger charge is -2.11. The van der Waals surface area contributed by atoms with Gasteiger partial charge >= 0.3 is 12.1 Å². The van der Waals surface area contributed by atoms with Gasteiger partial charge in [-0.05, 0) is 55.5 Å². The predicted octanol–water partition coefficient (Wildman–Crippen LogP) is 1.35. The van der Waals surface area contributed by atoms with Gasteiger partial charge in [0.2, 0.25) is 0 Å². The number of halogens is 4. The van der Waals surface area contributed by atoms with Crippen LogP contribution in [0.3, 0.4) is 0 Å². The molecule has 2 aromatic carbocycles. The average Bonchev–Trinajstić information content (AvgIpc) is 2.49. The van der Waals surface area contributed by atoms with Crippen molar-refractivity contribution in [2.24, 2.45) is 0 Å². The molecule has 0 saturated heterocycles. The van der Waals surface area contributed by atoms with Crippen LogP contribution in [0, 0.1) is 0 Å². The van der Waals surface area contributed by atoms with E-state index >= 15 is 0 Å². The Balaban J connectivity index is 0.00000288. The first-order valence-electron chi connectivity index (χ1n) is 6.60. The highest BCUT2D eigenvalue weighted by atomic mass is 35.5. The maximum absolute atomic E-state index is 12.5. The zero-order chi connectivity index (χ0) is 17.0. The number of alkyl halides is 3. The summed E-state index contributed by atoms with van der Waals surface area (Å²) < 4.78 is 47.9. The number of hydrogen-bond acceptors (Lipinski definition) is 3. The van der Waals surface area contributed by atoms with Crippen molar-refractivity contribution in [1.82, 2.24) is 0 Å². The fourth-order valence-corrected chi connectivity index (χ4v) is 1.69. The van der Waals surface area contributed by atoms with Crippen LogP contribution >= 0.6 is 0 Å². The number of ether oxygens (including phenoxy) is 2. The minimum Gasteiger partial charge on any atom is -1.00 e. The van der Waals surface area contributed by atoms with Crippen LogP contribution in [0.2, 0.25) is 0 Å². The van der Waals surface area contributed by atoms with Gasteiger partial charge in [0.1, 0.15) is 17.2 Å². The van der Waals surface area contributed by atoms with E-state index in [1.54, 1.807) is 0 Å². The summed E-state index contributed by atoms with van der Waals surface area (Å²) >= 11 is 0. The topological polar surface area (TPSA) is 55.8 Å². The lowest BCUT2D eigenvalue weighted by Crippen LogP contribution is -3.00. The quantitative estimate of drug-likeness (QED) is 0.873. The monoisotopic (exact) mass is 361 g/mol. The maximum atomic E-state index is 12.5. The molecule has 24 heavy (non-hydrogen) atoms. The lowest BCUT2D eigenvalue weighted by molar-refractivity contribution is -0.144. The second-order valence-electron chi connectivity index (χ2n) is 4.69.